The van der Waals surface area contributed by atoms with Crippen LogP contribution in [0.5, 0.6) is 0 Å². The molecule has 1 aromatic rings. The Bertz CT molecular complexity index is 568. The Kier molecular flexibility index (Phi) is 4.52. The van der Waals surface area contributed by atoms with Crippen LogP contribution in [0.15, 0.2) is 23.1 Å². The average molecular weight is 298 g/mol. The molecule has 1 fully saturated rings. The fourth-order valence-electron chi connectivity index (χ4n) is 2.47. The lowest BCUT2D eigenvalue weighted by Crippen LogP contribution is -2.35. The first-order valence-electron chi connectivity index (χ1n) is 6.77. The number of nitrogens with two attached hydrogens (primary N) is 2. The Morgan fingerprint density at radius 2 is 1.95 bits per heavy atom. The van der Waals surface area contributed by atoms with Crippen molar-refractivity contribution in [3.63, 3.8) is 0 Å². The predicted molar refractivity (Wildman–Crippen MR) is 81.0 cm³/mol. The van der Waals surface area contributed by atoms with Gasteiger partial charge in [-0.05, 0) is 51.1 Å². The molecular formula is C13H22N4O2S. The van der Waals surface area contributed by atoms with E-state index in [1.807, 2.05) is 0 Å². The van der Waals surface area contributed by atoms with Crippen molar-refractivity contribution < 1.29 is 8.42 Å². The van der Waals surface area contributed by atoms with Crippen molar-refractivity contribution in [1.82, 2.24) is 4.90 Å². The summed E-state index contributed by atoms with van der Waals surface area (Å²) in [6, 6.07) is 5.00. The lowest BCUT2D eigenvalue weighted by atomic mass is 10.2. The Balaban J connectivity index is 2.04. The maximum atomic E-state index is 11.4. The third kappa shape index (κ3) is 3.84. The van der Waals surface area contributed by atoms with E-state index in [4.69, 9.17) is 10.9 Å². The summed E-state index contributed by atoms with van der Waals surface area (Å²) in [7, 11) is -3.73. The van der Waals surface area contributed by atoms with Crippen molar-refractivity contribution >= 4 is 21.4 Å². The van der Waals surface area contributed by atoms with Crippen molar-refractivity contribution in [2.24, 2.45) is 5.14 Å². The van der Waals surface area contributed by atoms with E-state index in [1.165, 1.54) is 25.0 Å². The Morgan fingerprint density at radius 1 is 1.30 bits per heavy atom. The first kappa shape index (κ1) is 15.1. The van der Waals surface area contributed by atoms with Gasteiger partial charge in [0.2, 0.25) is 10.0 Å². The van der Waals surface area contributed by atoms with Crippen LogP contribution in [0.25, 0.3) is 0 Å². The quantitative estimate of drug-likeness (QED) is 0.698. The molecule has 0 radical (unpaired) electrons. The molecule has 0 saturated carbocycles. The molecule has 5 N–H and O–H groups in total. The van der Waals surface area contributed by atoms with Gasteiger partial charge in [0.1, 0.15) is 0 Å². The molecule has 1 heterocycles. The minimum absolute atomic E-state index is 0.0359. The molecule has 2 rings (SSSR count). The number of nitrogen functional groups attached to an aromatic ring is 1. The van der Waals surface area contributed by atoms with Gasteiger partial charge in [-0.2, -0.15) is 0 Å². The second-order valence-electron chi connectivity index (χ2n) is 5.31. The third-order valence-corrected chi connectivity index (χ3v) is 4.52. The number of primary sulfonamides is 1. The van der Waals surface area contributed by atoms with Crippen LogP contribution in [-0.4, -0.2) is 39.0 Å². The van der Waals surface area contributed by atoms with Crippen LogP contribution in [0.3, 0.4) is 0 Å². The molecule has 0 bridgehead atoms. The highest BCUT2D eigenvalue weighted by Crippen LogP contribution is 2.20. The van der Waals surface area contributed by atoms with Gasteiger partial charge in [0, 0.05) is 24.0 Å². The summed E-state index contributed by atoms with van der Waals surface area (Å²) in [6.07, 6.45) is 2.50. The molecule has 6 nitrogen and oxygen atoms in total. The topological polar surface area (TPSA) is 101 Å². The highest BCUT2D eigenvalue weighted by molar-refractivity contribution is 7.89. The summed E-state index contributed by atoms with van der Waals surface area (Å²) in [5, 5.41) is 8.36. The highest BCUT2D eigenvalue weighted by atomic mass is 32.2. The smallest absolute Gasteiger partial charge is 0.238 e. The Morgan fingerprint density at radius 3 is 2.55 bits per heavy atom. The summed E-state index contributed by atoms with van der Waals surface area (Å²) < 4.78 is 22.7. The number of hydrogen-bond acceptors (Lipinski definition) is 5. The van der Waals surface area contributed by atoms with Crippen molar-refractivity contribution in [3.05, 3.63) is 18.2 Å². The van der Waals surface area contributed by atoms with Crippen molar-refractivity contribution in [3.8, 4) is 0 Å². The number of likely N-dealkylation sites (tertiary alicyclic amines) is 1. The fraction of sp³-hybridized carbons (Fsp3) is 0.538. The number of nitrogens with one attached hydrogen (secondary N) is 1. The van der Waals surface area contributed by atoms with Crippen LogP contribution in [-0.2, 0) is 10.0 Å². The van der Waals surface area contributed by atoms with E-state index in [9.17, 15) is 8.42 Å². The SMILES string of the molecule is CC(CNc1cc(N)cc(S(N)(=O)=O)c1)N1CCCC1. The van der Waals surface area contributed by atoms with Crippen LogP contribution < -0.4 is 16.2 Å². The van der Waals surface area contributed by atoms with Gasteiger partial charge < -0.3 is 11.1 Å². The van der Waals surface area contributed by atoms with Gasteiger partial charge in [-0.15, -0.1) is 0 Å². The Hall–Kier alpha value is -1.31. The number of benzene rings is 1. The number of hydrogen-bond donors (Lipinski definition) is 3. The zero-order valence-electron chi connectivity index (χ0n) is 11.7. The largest absolute Gasteiger partial charge is 0.399 e. The summed E-state index contributed by atoms with van der Waals surface area (Å²) in [6.45, 7) is 5.16. The molecule has 1 saturated heterocycles. The standard InChI is InChI=1S/C13H22N4O2S/c1-10(17-4-2-3-5-17)9-16-12-6-11(14)7-13(8-12)20(15,18)19/h6-8,10,16H,2-5,9,14H2,1H3,(H2,15,18,19). The van der Waals surface area contributed by atoms with Crippen LogP contribution >= 0.6 is 0 Å². The number of rotatable bonds is 5. The van der Waals surface area contributed by atoms with Gasteiger partial charge in [-0.1, -0.05) is 0 Å². The molecule has 1 aliphatic rings. The summed E-state index contributed by atoms with van der Waals surface area (Å²) >= 11 is 0. The van der Waals surface area contributed by atoms with E-state index >= 15 is 0 Å². The van der Waals surface area contributed by atoms with Gasteiger partial charge in [0.05, 0.1) is 4.90 Å². The van der Waals surface area contributed by atoms with Gasteiger partial charge in [0.25, 0.3) is 0 Å². The molecule has 0 spiro atoms. The lowest BCUT2D eigenvalue weighted by Gasteiger charge is -2.24. The third-order valence-electron chi connectivity index (χ3n) is 3.62. The summed E-state index contributed by atoms with van der Waals surface area (Å²) in [5.41, 5.74) is 6.78. The number of anilines is 2. The molecule has 1 aliphatic heterocycles. The Labute approximate surface area is 120 Å². The van der Waals surface area contributed by atoms with Crippen LogP contribution in [0, 0.1) is 0 Å². The van der Waals surface area contributed by atoms with E-state index in [0.29, 0.717) is 17.4 Å². The van der Waals surface area contributed by atoms with Crippen molar-refractivity contribution in [2.45, 2.75) is 30.7 Å². The predicted octanol–water partition coefficient (Wildman–Crippen LogP) is 0.812. The second kappa shape index (κ2) is 5.99. The van der Waals surface area contributed by atoms with E-state index in [2.05, 4.69) is 17.1 Å². The van der Waals surface area contributed by atoms with Crippen molar-refractivity contribution in [2.75, 3.05) is 30.7 Å². The van der Waals surface area contributed by atoms with Gasteiger partial charge in [-0.25, -0.2) is 13.6 Å². The number of nitrogens with zero attached hydrogens (tertiary/aromatic N) is 1. The molecule has 1 atom stereocenters. The maximum Gasteiger partial charge on any atom is 0.238 e. The first-order valence-corrected chi connectivity index (χ1v) is 8.32. The second-order valence-corrected chi connectivity index (χ2v) is 6.87. The highest BCUT2D eigenvalue weighted by Gasteiger charge is 2.18. The molecule has 0 aromatic heterocycles. The molecule has 112 valence electrons. The van der Waals surface area contributed by atoms with Crippen molar-refractivity contribution in [1.29, 1.82) is 0 Å². The van der Waals surface area contributed by atoms with Crippen LogP contribution in [0.4, 0.5) is 11.4 Å². The maximum absolute atomic E-state index is 11.4. The molecule has 0 aliphatic carbocycles. The van der Waals surface area contributed by atoms with E-state index in [-0.39, 0.29) is 4.90 Å². The minimum Gasteiger partial charge on any atom is -0.399 e. The average Bonchev–Trinajstić information content (AvgIpc) is 2.88. The van der Waals surface area contributed by atoms with E-state index in [1.54, 1.807) is 6.07 Å². The van der Waals surface area contributed by atoms with E-state index < -0.39 is 10.0 Å². The number of sulfonamides is 1. The summed E-state index contributed by atoms with van der Waals surface area (Å²) in [5.74, 6) is 0. The van der Waals surface area contributed by atoms with Crippen LogP contribution in [0.1, 0.15) is 19.8 Å². The van der Waals surface area contributed by atoms with Crippen LogP contribution in [0.2, 0.25) is 0 Å². The molecule has 1 unspecified atom stereocenters. The van der Waals surface area contributed by atoms with Gasteiger partial charge >= 0.3 is 0 Å². The lowest BCUT2D eigenvalue weighted by molar-refractivity contribution is 0.269. The monoisotopic (exact) mass is 298 g/mol. The molecule has 7 heteroatoms. The van der Waals surface area contributed by atoms with Gasteiger partial charge in [0.15, 0.2) is 0 Å². The van der Waals surface area contributed by atoms with Gasteiger partial charge in [-0.3, -0.25) is 4.90 Å². The van der Waals surface area contributed by atoms with E-state index in [0.717, 1.165) is 19.6 Å². The molecule has 20 heavy (non-hydrogen) atoms. The fourth-order valence-corrected chi connectivity index (χ4v) is 3.06. The first-order chi connectivity index (χ1) is 9.36. The minimum atomic E-state index is -3.73. The summed E-state index contributed by atoms with van der Waals surface area (Å²) in [4.78, 5) is 2.45. The molecule has 0 amide bonds. The zero-order chi connectivity index (χ0) is 14.8. The zero-order valence-corrected chi connectivity index (χ0v) is 12.5. The molecular weight excluding hydrogens is 276 g/mol. The normalized spacial score (nSPS) is 18.1. The molecule has 1 aromatic carbocycles.